The normalized spacial score (nSPS) is 21.7. The lowest BCUT2D eigenvalue weighted by atomic mass is 9.92. The first-order chi connectivity index (χ1) is 14.2. The monoisotopic (exact) mass is 424 g/mol. The fourth-order valence-electron chi connectivity index (χ4n) is 3.61. The molecule has 162 valence electrons. The Morgan fingerprint density at radius 2 is 1.87 bits per heavy atom. The Kier molecular flexibility index (Phi) is 6.18. The third-order valence-corrected chi connectivity index (χ3v) is 5.18. The fraction of sp³-hybridized carbons (Fsp3) is 0.474. The standard InChI is InChI=1S/C19H22F2N4O5/c1-19(11-6-8-13(9-7-11)30-16(20)21)15(27)25(18(29)24-19)10-14(26)23-17(28)22-12-4-2-3-5-12/h6-9,12,16H,2-5,10H2,1H3,(H,24,29)(H2,22,23,26,28). The minimum Gasteiger partial charge on any atom is -0.435 e. The van der Waals surface area contributed by atoms with Gasteiger partial charge in [0.1, 0.15) is 17.8 Å². The van der Waals surface area contributed by atoms with Gasteiger partial charge in [-0.15, -0.1) is 0 Å². The van der Waals surface area contributed by atoms with Crippen molar-refractivity contribution < 1.29 is 32.7 Å². The highest BCUT2D eigenvalue weighted by atomic mass is 19.3. The summed E-state index contributed by atoms with van der Waals surface area (Å²) in [6, 6.07) is 3.76. The van der Waals surface area contributed by atoms with E-state index in [0.717, 1.165) is 25.7 Å². The first-order valence-corrected chi connectivity index (χ1v) is 9.49. The summed E-state index contributed by atoms with van der Waals surface area (Å²) >= 11 is 0. The maximum atomic E-state index is 12.8. The van der Waals surface area contributed by atoms with Crippen molar-refractivity contribution in [2.24, 2.45) is 0 Å². The van der Waals surface area contributed by atoms with Crippen LogP contribution in [0.25, 0.3) is 0 Å². The van der Waals surface area contributed by atoms with Gasteiger partial charge in [0.2, 0.25) is 5.91 Å². The van der Waals surface area contributed by atoms with Gasteiger partial charge in [-0.2, -0.15) is 8.78 Å². The van der Waals surface area contributed by atoms with Gasteiger partial charge in [0, 0.05) is 6.04 Å². The van der Waals surface area contributed by atoms with Crippen LogP contribution in [0.2, 0.25) is 0 Å². The second-order valence-electron chi connectivity index (χ2n) is 7.35. The summed E-state index contributed by atoms with van der Waals surface area (Å²) in [6.07, 6.45) is 3.70. The molecule has 0 bridgehead atoms. The van der Waals surface area contributed by atoms with E-state index in [1.807, 2.05) is 0 Å². The number of benzene rings is 1. The molecule has 1 atom stereocenters. The molecule has 1 heterocycles. The largest absolute Gasteiger partial charge is 0.435 e. The number of imide groups is 2. The van der Waals surface area contributed by atoms with Crippen LogP contribution < -0.4 is 20.7 Å². The number of halogens is 2. The van der Waals surface area contributed by atoms with Crippen LogP contribution in [0.1, 0.15) is 38.2 Å². The minimum absolute atomic E-state index is 0.00910. The maximum Gasteiger partial charge on any atom is 0.387 e. The van der Waals surface area contributed by atoms with Gasteiger partial charge in [0.15, 0.2) is 0 Å². The van der Waals surface area contributed by atoms with Crippen LogP contribution in [0.4, 0.5) is 18.4 Å². The molecular weight excluding hydrogens is 402 g/mol. The van der Waals surface area contributed by atoms with Gasteiger partial charge >= 0.3 is 18.7 Å². The zero-order chi connectivity index (χ0) is 21.9. The lowest BCUT2D eigenvalue weighted by molar-refractivity contribution is -0.134. The number of nitrogens with zero attached hydrogens (tertiary/aromatic N) is 1. The zero-order valence-electron chi connectivity index (χ0n) is 16.2. The van der Waals surface area contributed by atoms with Crippen molar-refractivity contribution >= 4 is 23.9 Å². The second kappa shape index (κ2) is 8.64. The van der Waals surface area contributed by atoms with Crippen molar-refractivity contribution in [1.82, 2.24) is 20.9 Å². The van der Waals surface area contributed by atoms with Crippen LogP contribution in [-0.4, -0.2) is 48.0 Å². The molecule has 1 aliphatic carbocycles. The summed E-state index contributed by atoms with van der Waals surface area (Å²) in [5.74, 6) is -1.61. The molecular formula is C19H22F2N4O5. The van der Waals surface area contributed by atoms with Gasteiger partial charge in [-0.3, -0.25) is 19.8 Å². The first-order valence-electron chi connectivity index (χ1n) is 9.49. The van der Waals surface area contributed by atoms with Crippen molar-refractivity contribution in [1.29, 1.82) is 0 Å². The number of urea groups is 2. The SMILES string of the molecule is CC1(c2ccc(OC(F)F)cc2)NC(=O)N(CC(=O)NC(=O)NC2CCCC2)C1=O. The average Bonchev–Trinajstić information content (AvgIpc) is 3.24. The molecule has 0 spiro atoms. The molecule has 1 aromatic rings. The van der Waals surface area contributed by atoms with Crippen LogP contribution in [0.3, 0.4) is 0 Å². The first kappa shape index (κ1) is 21.5. The molecule has 2 aliphatic rings. The van der Waals surface area contributed by atoms with Gasteiger partial charge < -0.3 is 15.4 Å². The topological polar surface area (TPSA) is 117 Å². The summed E-state index contributed by atoms with van der Waals surface area (Å²) in [5, 5.41) is 7.29. The van der Waals surface area contributed by atoms with Crippen LogP contribution >= 0.6 is 0 Å². The zero-order valence-corrected chi connectivity index (χ0v) is 16.2. The van der Waals surface area contributed by atoms with E-state index in [-0.39, 0.29) is 11.8 Å². The number of amides is 6. The number of hydrogen-bond acceptors (Lipinski definition) is 5. The summed E-state index contributed by atoms with van der Waals surface area (Å²) < 4.78 is 28.8. The van der Waals surface area contributed by atoms with Crippen molar-refractivity contribution in [3.8, 4) is 5.75 Å². The Balaban J connectivity index is 1.61. The molecule has 0 radical (unpaired) electrons. The number of hydrogen-bond donors (Lipinski definition) is 3. The number of alkyl halides is 2. The molecule has 1 saturated carbocycles. The highest BCUT2D eigenvalue weighted by molar-refractivity contribution is 6.10. The Labute approximate surface area is 171 Å². The molecule has 1 saturated heterocycles. The number of carbonyl (C=O) groups is 4. The minimum atomic E-state index is -2.99. The van der Waals surface area contributed by atoms with Crippen LogP contribution in [-0.2, 0) is 15.1 Å². The molecule has 9 nitrogen and oxygen atoms in total. The number of carbonyl (C=O) groups excluding carboxylic acids is 4. The Morgan fingerprint density at radius 3 is 2.47 bits per heavy atom. The van der Waals surface area contributed by atoms with Crippen molar-refractivity contribution in [3.05, 3.63) is 29.8 Å². The van der Waals surface area contributed by atoms with Crippen LogP contribution in [0.15, 0.2) is 24.3 Å². The molecule has 30 heavy (non-hydrogen) atoms. The molecule has 1 unspecified atom stereocenters. The highest BCUT2D eigenvalue weighted by Gasteiger charge is 2.49. The summed E-state index contributed by atoms with van der Waals surface area (Å²) in [7, 11) is 0. The van der Waals surface area contributed by atoms with Crippen molar-refractivity contribution in [2.45, 2.75) is 50.8 Å². The Morgan fingerprint density at radius 1 is 1.23 bits per heavy atom. The van der Waals surface area contributed by atoms with E-state index in [2.05, 4.69) is 20.7 Å². The van der Waals surface area contributed by atoms with E-state index in [4.69, 9.17) is 0 Å². The third kappa shape index (κ3) is 4.66. The van der Waals surface area contributed by atoms with Crippen LogP contribution in [0.5, 0.6) is 5.75 Å². The average molecular weight is 424 g/mol. The smallest absolute Gasteiger partial charge is 0.387 e. The molecule has 0 aromatic heterocycles. The van der Waals surface area contributed by atoms with E-state index in [9.17, 15) is 28.0 Å². The van der Waals surface area contributed by atoms with E-state index >= 15 is 0 Å². The highest BCUT2D eigenvalue weighted by Crippen LogP contribution is 2.30. The lowest BCUT2D eigenvalue weighted by Gasteiger charge is -2.22. The van der Waals surface area contributed by atoms with Crippen molar-refractivity contribution in [2.75, 3.05) is 6.54 Å². The molecule has 1 aromatic carbocycles. The number of ether oxygens (including phenoxy) is 1. The van der Waals surface area contributed by atoms with Gasteiger partial charge in [0.25, 0.3) is 5.91 Å². The van der Waals surface area contributed by atoms with E-state index in [1.54, 1.807) is 0 Å². The van der Waals surface area contributed by atoms with Crippen molar-refractivity contribution in [3.63, 3.8) is 0 Å². The predicted octanol–water partition coefficient (Wildman–Crippen LogP) is 1.82. The summed E-state index contributed by atoms with van der Waals surface area (Å²) in [5.41, 5.74) is -1.17. The quantitative estimate of drug-likeness (QED) is 0.603. The van der Waals surface area contributed by atoms with E-state index < -0.39 is 42.6 Å². The summed E-state index contributed by atoms with van der Waals surface area (Å²) in [4.78, 5) is 49.8. The van der Waals surface area contributed by atoms with Gasteiger partial charge in [-0.05, 0) is 37.5 Å². The van der Waals surface area contributed by atoms with Gasteiger partial charge in [0.05, 0.1) is 0 Å². The van der Waals surface area contributed by atoms with Gasteiger partial charge in [-0.25, -0.2) is 9.59 Å². The van der Waals surface area contributed by atoms with E-state index in [0.29, 0.717) is 10.5 Å². The number of nitrogens with one attached hydrogen (secondary N) is 3. The molecule has 3 N–H and O–H groups in total. The molecule has 1 aliphatic heterocycles. The Bertz CT molecular complexity index is 842. The summed E-state index contributed by atoms with van der Waals surface area (Å²) in [6.45, 7) is -2.19. The number of rotatable bonds is 6. The van der Waals surface area contributed by atoms with Gasteiger partial charge in [-0.1, -0.05) is 25.0 Å². The molecule has 6 amide bonds. The molecule has 3 rings (SSSR count). The maximum absolute atomic E-state index is 12.8. The fourth-order valence-corrected chi connectivity index (χ4v) is 3.61. The Hall–Kier alpha value is -3.24. The van der Waals surface area contributed by atoms with E-state index in [1.165, 1.54) is 31.2 Å². The molecule has 11 heteroatoms. The second-order valence-corrected chi connectivity index (χ2v) is 7.35. The predicted molar refractivity (Wildman–Crippen MR) is 99.6 cm³/mol. The van der Waals surface area contributed by atoms with Crippen LogP contribution in [0, 0.1) is 0 Å². The third-order valence-electron chi connectivity index (χ3n) is 5.18. The molecule has 2 fully saturated rings. The lowest BCUT2D eigenvalue weighted by Crippen LogP contribution is -2.48.